The lowest BCUT2D eigenvalue weighted by Crippen LogP contribution is -2.09. The molecule has 0 aliphatic rings. The highest BCUT2D eigenvalue weighted by Crippen LogP contribution is 2.29. The molecule has 0 aliphatic heterocycles. The third-order valence-electron chi connectivity index (χ3n) is 3.23. The predicted molar refractivity (Wildman–Crippen MR) is 88.1 cm³/mol. The molecule has 120 valence electrons. The fraction of sp³-hybridized carbons (Fsp3) is 0.333. The topological polar surface area (TPSA) is 116 Å². The quantitative estimate of drug-likeness (QED) is 0.619. The van der Waals surface area contributed by atoms with Crippen LogP contribution in [-0.2, 0) is 22.4 Å². The highest BCUT2D eigenvalue weighted by atomic mass is 79.9. The lowest BCUT2D eigenvalue weighted by molar-refractivity contribution is -0.159. The number of aryl methyl sites for hydroxylation is 2. The van der Waals surface area contributed by atoms with Gasteiger partial charge in [0.1, 0.15) is 0 Å². The zero-order valence-electron chi connectivity index (χ0n) is 12.4. The van der Waals surface area contributed by atoms with Gasteiger partial charge in [0, 0.05) is 21.1 Å². The second-order valence-electron chi connectivity index (χ2n) is 4.72. The largest absolute Gasteiger partial charge is 0.473 e. The summed E-state index contributed by atoms with van der Waals surface area (Å²) >= 11 is 3.57. The summed E-state index contributed by atoms with van der Waals surface area (Å²) in [6.45, 7) is 5.00. The Morgan fingerprint density at radius 1 is 1.27 bits per heavy atom. The maximum Gasteiger partial charge on any atom is 0.414 e. The first-order chi connectivity index (χ1) is 10.3. The van der Waals surface area contributed by atoms with Crippen molar-refractivity contribution in [3.05, 3.63) is 33.4 Å². The molecule has 0 fully saturated rings. The van der Waals surface area contributed by atoms with Crippen molar-refractivity contribution in [2.75, 3.05) is 6.54 Å². The Labute approximate surface area is 136 Å². The fourth-order valence-electron chi connectivity index (χ4n) is 2.26. The summed E-state index contributed by atoms with van der Waals surface area (Å²) < 4.78 is 1.15. The first kappa shape index (κ1) is 18.2. The SMILES string of the molecule is CCc1cc(Br)cc2c(CCN)c(C)[nH]c12.O=C(O)C(=O)O. The van der Waals surface area contributed by atoms with Gasteiger partial charge in [0.25, 0.3) is 0 Å². The van der Waals surface area contributed by atoms with E-state index in [1.54, 1.807) is 0 Å². The molecule has 1 heterocycles. The summed E-state index contributed by atoms with van der Waals surface area (Å²) in [5, 5.41) is 16.1. The van der Waals surface area contributed by atoms with Gasteiger partial charge in [-0.3, -0.25) is 0 Å². The molecule has 0 amide bonds. The molecule has 5 N–H and O–H groups in total. The van der Waals surface area contributed by atoms with Crippen molar-refractivity contribution >= 4 is 38.8 Å². The van der Waals surface area contributed by atoms with Gasteiger partial charge in [-0.25, -0.2) is 9.59 Å². The summed E-state index contributed by atoms with van der Waals surface area (Å²) in [5.41, 5.74) is 10.9. The lowest BCUT2D eigenvalue weighted by atomic mass is 10.0. The number of aliphatic carboxylic acids is 2. The van der Waals surface area contributed by atoms with E-state index in [9.17, 15) is 0 Å². The second kappa shape index (κ2) is 7.95. The van der Waals surface area contributed by atoms with E-state index < -0.39 is 11.9 Å². The van der Waals surface area contributed by atoms with Gasteiger partial charge in [0.2, 0.25) is 0 Å². The minimum absolute atomic E-state index is 0.696. The molecule has 0 aliphatic carbocycles. The predicted octanol–water partition coefficient (Wildman–Crippen LogP) is 2.46. The van der Waals surface area contributed by atoms with Gasteiger partial charge < -0.3 is 20.9 Å². The maximum atomic E-state index is 9.10. The van der Waals surface area contributed by atoms with Gasteiger partial charge in [0.15, 0.2) is 0 Å². The minimum Gasteiger partial charge on any atom is -0.473 e. The molecule has 22 heavy (non-hydrogen) atoms. The number of hydrogen-bond donors (Lipinski definition) is 4. The van der Waals surface area contributed by atoms with Crippen LogP contribution >= 0.6 is 15.9 Å². The minimum atomic E-state index is -1.82. The van der Waals surface area contributed by atoms with Crippen LogP contribution in [0.15, 0.2) is 16.6 Å². The molecule has 2 aromatic rings. The molecule has 0 unspecified atom stereocenters. The number of halogens is 1. The van der Waals surface area contributed by atoms with Crippen LogP contribution in [0.4, 0.5) is 0 Å². The Morgan fingerprint density at radius 2 is 1.86 bits per heavy atom. The van der Waals surface area contributed by atoms with Crippen molar-refractivity contribution in [3.63, 3.8) is 0 Å². The molecule has 0 saturated heterocycles. The second-order valence-corrected chi connectivity index (χ2v) is 5.63. The molecule has 0 spiro atoms. The number of hydrogen-bond acceptors (Lipinski definition) is 3. The Hall–Kier alpha value is -1.86. The van der Waals surface area contributed by atoms with E-state index >= 15 is 0 Å². The van der Waals surface area contributed by atoms with Crippen molar-refractivity contribution in [2.24, 2.45) is 5.73 Å². The third kappa shape index (κ3) is 4.32. The molecule has 0 radical (unpaired) electrons. The summed E-state index contributed by atoms with van der Waals surface area (Å²) in [6.07, 6.45) is 1.98. The lowest BCUT2D eigenvalue weighted by Gasteiger charge is -2.02. The number of rotatable bonds is 3. The van der Waals surface area contributed by atoms with Crippen LogP contribution in [-0.4, -0.2) is 33.7 Å². The number of carboxylic acid groups (broad SMARTS) is 2. The molecule has 1 aromatic carbocycles. The molecular weight excluding hydrogens is 352 g/mol. The Bertz CT molecular complexity index is 682. The van der Waals surface area contributed by atoms with E-state index in [0.717, 1.165) is 17.3 Å². The molecule has 6 nitrogen and oxygen atoms in total. The normalized spacial score (nSPS) is 10.2. The van der Waals surface area contributed by atoms with Gasteiger partial charge in [0.05, 0.1) is 0 Å². The van der Waals surface area contributed by atoms with Gasteiger partial charge in [-0.1, -0.05) is 22.9 Å². The Balaban J connectivity index is 0.000000346. The van der Waals surface area contributed by atoms with Crippen LogP contribution in [0.2, 0.25) is 0 Å². The van der Waals surface area contributed by atoms with Gasteiger partial charge in [-0.2, -0.15) is 0 Å². The van der Waals surface area contributed by atoms with Crippen molar-refractivity contribution in [1.82, 2.24) is 4.98 Å². The van der Waals surface area contributed by atoms with Crippen molar-refractivity contribution in [3.8, 4) is 0 Å². The molecule has 0 atom stereocenters. The Kier molecular flexibility index (Phi) is 6.58. The summed E-state index contributed by atoms with van der Waals surface area (Å²) in [5.74, 6) is -3.65. The number of benzene rings is 1. The van der Waals surface area contributed by atoms with E-state index in [-0.39, 0.29) is 0 Å². The molecule has 0 saturated carbocycles. The number of aromatic amines is 1. The highest BCUT2D eigenvalue weighted by molar-refractivity contribution is 9.10. The number of carbonyl (C=O) groups is 2. The monoisotopic (exact) mass is 370 g/mol. The van der Waals surface area contributed by atoms with Crippen LogP contribution in [0.25, 0.3) is 10.9 Å². The Morgan fingerprint density at radius 3 is 2.32 bits per heavy atom. The van der Waals surface area contributed by atoms with Crippen LogP contribution in [0.3, 0.4) is 0 Å². The number of nitrogens with two attached hydrogens (primary N) is 1. The number of aromatic nitrogens is 1. The highest BCUT2D eigenvalue weighted by Gasteiger charge is 2.11. The van der Waals surface area contributed by atoms with Crippen molar-refractivity contribution in [2.45, 2.75) is 26.7 Å². The van der Waals surface area contributed by atoms with E-state index in [1.807, 2.05) is 0 Å². The van der Waals surface area contributed by atoms with E-state index in [2.05, 4.69) is 46.9 Å². The smallest absolute Gasteiger partial charge is 0.414 e. The van der Waals surface area contributed by atoms with Gasteiger partial charge in [-0.15, -0.1) is 0 Å². The molecule has 2 rings (SSSR count). The van der Waals surface area contributed by atoms with Gasteiger partial charge in [-0.05, 0) is 49.6 Å². The molecular formula is C15H19BrN2O4. The van der Waals surface area contributed by atoms with E-state index in [0.29, 0.717) is 6.54 Å². The van der Waals surface area contributed by atoms with Crippen LogP contribution in [0, 0.1) is 6.92 Å². The third-order valence-corrected chi connectivity index (χ3v) is 3.69. The summed E-state index contributed by atoms with van der Waals surface area (Å²) in [7, 11) is 0. The van der Waals surface area contributed by atoms with Crippen molar-refractivity contribution in [1.29, 1.82) is 0 Å². The number of H-pyrrole nitrogens is 1. The number of carboxylic acids is 2. The number of nitrogens with one attached hydrogen (secondary N) is 1. The summed E-state index contributed by atoms with van der Waals surface area (Å²) in [4.78, 5) is 21.7. The first-order valence-electron chi connectivity index (χ1n) is 6.77. The summed E-state index contributed by atoms with van der Waals surface area (Å²) in [6, 6.07) is 4.37. The zero-order chi connectivity index (χ0) is 16.9. The van der Waals surface area contributed by atoms with Gasteiger partial charge >= 0.3 is 11.9 Å². The first-order valence-corrected chi connectivity index (χ1v) is 7.56. The van der Waals surface area contributed by atoms with Crippen LogP contribution < -0.4 is 5.73 Å². The van der Waals surface area contributed by atoms with Crippen molar-refractivity contribution < 1.29 is 19.8 Å². The fourth-order valence-corrected chi connectivity index (χ4v) is 2.76. The average Bonchev–Trinajstić information content (AvgIpc) is 2.76. The van der Waals surface area contributed by atoms with Crippen LogP contribution in [0.1, 0.15) is 23.7 Å². The van der Waals surface area contributed by atoms with Crippen LogP contribution in [0.5, 0.6) is 0 Å². The standard InChI is InChI=1S/C13H17BrN2.C2H2O4/c1-3-9-6-10(14)7-12-11(4-5-15)8(2)16-13(9)12;3-1(4)2(5)6/h6-7,16H,3-5,15H2,1-2H3;(H,3,4)(H,5,6). The molecule has 0 bridgehead atoms. The number of fused-ring (bicyclic) bond motifs is 1. The average molecular weight is 371 g/mol. The van der Waals surface area contributed by atoms with E-state index in [4.69, 9.17) is 25.5 Å². The zero-order valence-corrected chi connectivity index (χ0v) is 14.0. The molecule has 1 aromatic heterocycles. The van der Waals surface area contributed by atoms with E-state index in [1.165, 1.54) is 27.7 Å². The molecule has 7 heteroatoms. The maximum absolute atomic E-state index is 9.10.